The summed E-state index contributed by atoms with van der Waals surface area (Å²) in [4.78, 5) is 29.0. The molecule has 1 N–H and O–H groups in total. The van der Waals surface area contributed by atoms with Crippen LogP contribution in [0.5, 0.6) is 0 Å². The zero-order chi connectivity index (χ0) is 31.2. The van der Waals surface area contributed by atoms with Crippen molar-refractivity contribution in [2.75, 3.05) is 17.4 Å². The van der Waals surface area contributed by atoms with Gasteiger partial charge in [-0.1, -0.05) is 85.4 Å². The van der Waals surface area contributed by atoms with Crippen molar-refractivity contribution >= 4 is 62.3 Å². The van der Waals surface area contributed by atoms with E-state index in [-0.39, 0.29) is 29.0 Å². The number of rotatable bonds is 12. The molecule has 1 unspecified atom stereocenters. The lowest BCUT2D eigenvalue weighted by atomic mass is 10.1. The molecular formula is C31H36Cl3N3O4S. The summed E-state index contributed by atoms with van der Waals surface area (Å²) in [5, 5.41) is 4.01. The number of hydrogen-bond acceptors (Lipinski definition) is 4. The molecule has 0 aromatic heterocycles. The van der Waals surface area contributed by atoms with Crippen LogP contribution in [0.2, 0.25) is 15.1 Å². The van der Waals surface area contributed by atoms with Gasteiger partial charge in [-0.25, -0.2) is 8.42 Å². The van der Waals surface area contributed by atoms with Crippen LogP contribution in [-0.2, 0) is 26.2 Å². The topological polar surface area (TPSA) is 86.8 Å². The van der Waals surface area contributed by atoms with E-state index >= 15 is 0 Å². The second-order valence-electron chi connectivity index (χ2n) is 10.5. The summed E-state index contributed by atoms with van der Waals surface area (Å²) in [5.74, 6) is -0.721. The molecule has 0 aliphatic heterocycles. The quantitative estimate of drug-likeness (QED) is 0.227. The number of sulfonamides is 1. The van der Waals surface area contributed by atoms with E-state index in [1.807, 2.05) is 20.8 Å². The van der Waals surface area contributed by atoms with Crippen molar-refractivity contribution in [1.82, 2.24) is 10.2 Å². The molecular weight excluding hydrogens is 617 g/mol. The van der Waals surface area contributed by atoms with Gasteiger partial charge in [0.1, 0.15) is 12.6 Å². The smallest absolute Gasteiger partial charge is 0.264 e. The number of nitrogens with zero attached hydrogens (tertiary/aromatic N) is 2. The average molecular weight is 653 g/mol. The molecule has 0 bridgehead atoms. The van der Waals surface area contributed by atoms with Gasteiger partial charge in [-0.05, 0) is 73.7 Å². The third-order valence-electron chi connectivity index (χ3n) is 6.82. The molecule has 0 saturated carbocycles. The first-order valence-corrected chi connectivity index (χ1v) is 16.2. The monoisotopic (exact) mass is 651 g/mol. The van der Waals surface area contributed by atoms with Crippen molar-refractivity contribution in [3.63, 3.8) is 0 Å². The maximum atomic E-state index is 14.2. The summed E-state index contributed by atoms with van der Waals surface area (Å²) in [7, 11) is -4.22. The molecule has 3 rings (SSSR count). The minimum Gasteiger partial charge on any atom is -0.354 e. The molecule has 226 valence electrons. The number of hydrogen-bond donors (Lipinski definition) is 1. The molecule has 0 heterocycles. The third-order valence-corrected chi connectivity index (χ3v) is 9.59. The summed E-state index contributed by atoms with van der Waals surface area (Å²) >= 11 is 19.0. The maximum Gasteiger partial charge on any atom is 0.264 e. The molecule has 1 atom stereocenters. The number of aryl methyl sites for hydroxylation is 1. The average Bonchev–Trinajstić information content (AvgIpc) is 2.93. The highest BCUT2D eigenvalue weighted by atomic mass is 35.5. The van der Waals surface area contributed by atoms with E-state index in [9.17, 15) is 18.0 Å². The molecule has 7 nitrogen and oxygen atoms in total. The molecule has 3 aromatic carbocycles. The Bertz CT molecular complexity index is 1530. The maximum absolute atomic E-state index is 14.2. The van der Waals surface area contributed by atoms with Crippen molar-refractivity contribution in [3.8, 4) is 0 Å². The predicted molar refractivity (Wildman–Crippen MR) is 171 cm³/mol. The van der Waals surface area contributed by atoms with Crippen LogP contribution in [0.3, 0.4) is 0 Å². The van der Waals surface area contributed by atoms with Crippen LogP contribution < -0.4 is 9.62 Å². The Labute approximate surface area is 263 Å². The van der Waals surface area contributed by atoms with Crippen molar-refractivity contribution in [1.29, 1.82) is 0 Å². The van der Waals surface area contributed by atoms with E-state index < -0.39 is 28.5 Å². The molecule has 0 aliphatic rings. The highest BCUT2D eigenvalue weighted by Gasteiger charge is 2.34. The van der Waals surface area contributed by atoms with Crippen LogP contribution in [0.15, 0.2) is 65.6 Å². The van der Waals surface area contributed by atoms with Gasteiger partial charge in [0, 0.05) is 28.2 Å². The third kappa shape index (κ3) is 8.19. The second-order valence-corrected chi connectivity index (χ2v) is 13.6. The predicted octanol–water partition coefficient (Wildman–Crippen LogP) is 7.04. The minimum atomic E-state index is -4.22. The van der Waals surface area contributed by atoms with Crippen molar-refractivity contribution < 1.29 is 18.0 Å². The normalized spacial score (nSPS) is 12.2. The lowest BCUT2D eigenvalue weighted by Gasteiger charge is -2.34. The number of carbonyl (C=O) groups excluding carboxylic acids is 2. The Balaban J connectivity index is 2.11. The molecule has 0 radical (unpaired) electrons. The Morgan fingerprint density at radius 1 is 0.929 bits per heavy atom. The van der Waals surface area contributed by atoms with E-state index in [0.29, 0.717) is 39.2 Å². The van der Waals surface area contributed by atoms with Gasteiger partial charge in [-0.15, -0.1) is 0 Å². The van der Waals surface area contributed by atoms with Gasteiger partial charge in [0.05, 0.1) is 10.6 Å². The van der Waals surface area contributed by atoms with E-state index in [1.165, 1.54) is 17.0 Å². The van der Waals surface area contributed by atoms with Gasteiger partial charge in [0.2, 0.25) is 11.8 Å². The van der Waals surface area contributed by atoms with Crippen molar-refractivity contribution in [2.24, 2.45) is 5.92 Å². The zero-order valence-corrected chi connectivity index (χ0v) is 27.4. The Hall–Kier alpha value is -2.78. The zero-order valence-electron chi connectivity index (χ0n) is 24.3. The van der Waals surface area contributed by atoms with Gasteiger partial charge in [0.15, 0.2) is 0 Å². The van der Waals surface area contributed by atoms with Gasteiger partial charge in [0.25, 0.3) is 10.0 Å². The van der Waals surface area contributed by atoms with E-state index in [2.05, 4.69) is 5.32 Å². The standard InChI is InChI=1S/C31H36Cl3N3O4S/c1-6-28(31(39)35-17-20(2)3)36(18-23-12-13-24(32)16-27(23)34)30(38)19-37(29-9-7-8-26(33)22(29)5)42(40,41)25-14-10-21(4)11-15-25/h7-16,20,28H,6,17-19H2,1-5H3,(H,35,39). The molecule has 0 aliphatic carbocycles. The van der Waals surface area contributed by atoms with Crippen LogP contribution in [0.1, 0.15) is 43.9 Å². The highest BCUT2D eigenvalue weighted by molar-refractivity contribution is 7.92. The van der Waals surface area contributed by atoms with E-state index in [0.717, 1.165) is 9.87 Å². The number of amides is 2. The Morgan fingerprint density at radius 3 is 2.19 bits per heavy atom. The number of benzene rings is 3. The summed E-state index contributed by atoms with van der Waals surface area (Å²) in [5.41, 5.74) is 2.21. The molecule has 11 heteroatoms. The van der Waals surface area contributed by atoms with Crippen LogP contribution in [0.25, 0.3) is 0 Å². The van der Waals surface area contributed by atoms with Crippen LogP contribution in [0.4, 0.5) is 5.69 Å². The van der Waals surface area contributed by atoms with Gasteiger partial charge in [-0.3, -0.25) is 13.9 Å². The van der Waals surface area contributed by atoms with E-state index in [4.69, 9.17) is 34.8 Å². The molecule has 42 heavy (non-hydrogen) atoms. The Morgan fingerprint density at radius 2 is 1.60 bits per heavy atom. The number of carbonyl (C=O) groups is 2. The number of nitrogens with one attached hydrogen (secondary N) is 1. The largest absolute Gasteiger partial charge is 0.354 e. The molecule has 0 saturated heterocycles. The fourth-order valence-corrected chi connectivity index (χ4v) is 6.50. The lowest BCUT2D eigenvalue weighted by Crippen LogP contribution is -2.52. The fourth-order valence-electron chi connectivity index (χ4n) is 4.39. The van der Waals surface area contributed by atoms with Crippen LogP contribution >= 0.6 is 34.8 Å². The van der Waals surface area contributed by atoms with E-state index in [1.54, 1.807) is 62.4 Å². The van der Waals surface area contributed by atoms with Gasteiger partial charge in [-0.2, -0.15) is 0 Å². The van der Waals surface area contributed by atoms with Gasteiger partial charge < -0.3 is 10.2 Å². The van der Waals surface area contributed by atoms with Crippen LogP contribution in [-0.4, -0.2) is 44.3 Å². The fraction of sp³-hybridized carbons (Fsp3) is 0.355. The summed E-state index contributed by atoms with van der Waals surface area (Å²) in [6, 6.07) is 15.3. The first-order chi connectivity index (χ1) is 19.8. The molecule has 0 spiro atoms. The van der Waals surface area contributed by atoms with Crippen molar-refractivity contribution in [2.45, 2.75) is 58.5 Å². The minimum absolute atomic E-state index is 0.0225. The van der Waals surface area contributed by atoms with Crippen LogP contribution in [0, 0.1) is 19.8 Å². The summed E-state index contributed by atoms with van der Waals surface area (Å²) in [6.07, 6.45) is 0.293. The summed E-state index contributed by atoms with van der Waals surface area (Å²) < 4.78 is 29.2. The first-order valence-electron chi connectivity index (χ1n) is 13.6. The molecule has 0 fully saturated rings. The second kappa shape index (κ2) is 14.6. The molecule has 2 amide bonds. The lowest BCUT2D eigenvalue weighted by molar-refractivity contribution is -0.140. The number of halogens is 3. The first kappa shape index (κ1) is 33.7. The van der Waals surface area contributed by atoms with Crippen molar-refractivity contribution in [3.05, 3.63) is 92.4 Å². The Kier molecular flexibility index (Phi) is 11.7. The molecule has 3 aromatic rings. The highest BCUT2D eigenvalue weighted by Crippen LogP contribution is 2.32. The number of anilines is 1. The van der Waals surface area contributed by atoms with Gasteiger partial charge >= 0.3 is 0 Å². The SMILES string of the molecule is CCC(C(=O)NCC(C)C)N(Cc1ccc(Cl)cc1Cl)C(=O)CN(c1cccc(Cl)c1C)S(=O)(=O)c1ccc(C)cc1. The summed E-state index contributed by atoms with van der Waals surface area (Å²) in [6.45, 7) is 9.11.